The number of aliphatic hydroxyl groups excluding tert-OH is 1. The van der Waals surface area contributed by atoms with Gasteiger partial charge in [0.25, 0.3) is 0 Å². The first-order valence-corrected chi connectivity index (χ1v) is 9.50. The molecule has 3 amide bonds. The number of likely N-dealkylation sites (tertiary alicyclic amines) is 1. The minimum Gasteiger partial charge on any atom is -0.393 e. The zero-order valence-corrected chi connectivity index (χ0v) is 15.4. The average Bonchev–Trinajstić information content (AvgIpc) is 3.33. The molecule has 8 heteroatoms. The summed E-state index contributed by atoms with van der Waals surface area (Å²) in [6.45, 7) is 0.0856. The number of benzene rings is 1. The molecule has 1 saturated carbocycles. The van der Waals surface area contributed by atoms with E-state index >= 15 is 0 Å². The zero-order valence-electron chi connectivity index (χ0n) is 15.4. The van der Waals surface area contributed by atoms with E-state index in [-0.39, 0.29) is 31.3 Å². The van der Waals surface area contributed by atoms with Crippen LogP contribution in [0, 0.1) is 11.3 Å². The largest absolute Gasteiger partial charge is 0.393 e. The molecule has 4 rings (SSSR count). The number of hydrogen-bond donors (Lipinski definition) is 3. The van der Waals surface area contributed by atoms with Crippen LogP contribution in [-0.2, 0) is 19.8 Å². The molecule has 4 atom stereocenters. The normalized spacial score (nSPS) is 30.8. The van der Waals surface area contributed by atoms with E-state index in [0.29, 0.717) is 24.9 Å². The van der Waals surface area contributed by atoms with Crippen LogP contribution >= 0.6 is 0 Å². The fourth-order valence-corrected chi connectivity index (χ4v) is 4.62. The molecule has 146 valence electrons. The molecule has 2 aliphatic heterocycles. The summed E-state index contributed by atoms with van der Waals surface area (Å²) in [4.78, 5) is 39.1. The Morgan fingerprint density at radius 3 is 2.86 bits per heavy atom. The number of hydrogen-bond acceptors (Lipinski definition) is 5. The number of nitrogens with one attached hydrogen (secondary N) is 2. The van der Waals surface area contributed by atoms with Crippen molar-refractivity contribution in [2.75, 3.05) is 11.9 Å². The third kappa shape index (κ3) is 3.02. The summed E-state index contributed by atoms with van der Waals surface area (Å²) in [5.74, 6) is -1.09. The van der Waals surface area contributed by atoms with Gasteiger partial charge in [-0.3, -0.25) is 14.4 Å². The van der Waals surface area contributed by atoms with Crippen molar-refractivity contribution in [3.8, 4) is 6.07 Å². The van der Waals surface area contributed by atoms with E-state index in [1.807, 2.05) is 18.2 Å². The Morgan fingerprint density at radius 2 is 2.14 bits per heavy atom. The molecule has 1 saturated heterocycles. The summed E-state index contributed by atoms with van der Waals surface area (Å²) in [6, 6.07) is 8.52. The maximum absolute atomic E-state index is 12.8. The average molecular weight is 382 g/mol. The van der Waals surface area contributed by atoms with Crippen LogP contribution in [0.4, 0.5) is 5.69 Å². The third-order valence-electron chi connectivity index (χ3n) is 6.03. The van der Waals surface area contributed by atoms with Gasteiger partial charge in [-0.25, -0.2) is 0 Å². The highest BCUT2D eigenvalue weighted by molar-refractivity contribution is 6.07. The van der Waals surface area contributed by atoms with E-state index in [1.54, 1.807) is 6.07 Å². The minimum atomic E-state index is -0.946. The van der Waals surface area contributed by atoms with Crippen LogP contribution in [0.15, 0.2) is 24.3 Å². The second-order valence-corrected chi connectivity index (χ2v) is 7.86. The van der Waals surface area contributed by atoms with Crippen LogP contribution in [0.1, 0.15) is 37.7 Å². The van der Waals surface area contributed by atoms with Crippen LogP contribution in [0.3, 0.4) is 0 Å². The smallest absolute Gasteiger partial charge is 0.237 e. The van der Waals surface area contributed by atoms with E-state index in [2.05, 4.69) is 16.7 Å². The fraction of sp³-hybridized carbons (Fsp3) is 0.500. The van der Waals surface area contributed by atoms with Gasteiger partial charge in [0.1, 0.15) is 12.5 Å². The molecule has 28 heavy (non-hydrogen) atoms. The number of para-hydroxylation sites is 1. The maximum Gasteiger partial charge on any atom is 0.237 e. The molecule has 0 aromatic heterocycles. The van der Waals surface area contributed by atoms with Crippen molar-refractivity contribution in [1.29, 1.82) is 5.26 Å². The molecule has 8 nitrogen and oxygen atoms in total. The van der Waals surface area contributed by atoms with Crippen LogP contribution in [0.2, 0.25) is 0 Å². The molecule has 3 N–H and O–H groups in total. The van der Waals surface area contributed by atoms with Crippen LogP contribution in [0.5, 0.6) is 0 Å². The molecule has 0 radical (unpaired) electrons. The topological polar surface area (TPSA) is 123 Å². The lowest BCUT2D eigenvalue weighted by molar-refractivity contribution is -0.136. The number of nitriles is 1. The fourth-order valence-electron chi connectivity index (χ4n) is 4.62. The maximum atomic E-state index is 12.8. The van der Waals surface area contributed by atoms with Gasteiger partial charge in [-0.2, -0.15) is 5.26 Å². The molecule has 2 heterocycles. The minimum absolute atomic E-state index is 0.0856. The molecule has 1 aromatic rings. The zero-order chi connectivity index (χ0) is 19.9. The van der Waals surface area contributed by atoms with E-state index in [4.69, 9.17) is 0 Å². The lowest BCUT2D eigenvalue weighted by atomic mass is 9.80. The van der Waals surface area contributed by atoms with E-state index in [1.165, 1.54) is 4.90 Å². The summed E-state index contributed by atoms with van der Waals surface area (Å²) < 4.78 is 0. The van der Waals surface area contributed by atoms with Gasteiger partial charge in [0.2, 0.25) is 17.7 Å². The Morgan fingerprint density at radius 1 is 1.36 bits per heavy atom. The Hall–Kier alpha value is -2.92. The molecule has 0 bridgehead atoms. The molecule has 1 aliphatic carbocycles. The number of rotatable bonds is 3. The SMILES string of the molecule is N#C[C@@H]1C[C@@]2(CN1C(=O)CC(=O)N[C@@H]1CC[C@H](O)C1)C(=O)Nc1ccccc12. The summed E-state index contributed by atoms with van der Waals surface area (Å²) in [5, 5.41) is 24.7. The van der Waals surface area contributed by atoms with Crippen LogP contribution in [-0.4, -0.2) is 52.5 Å². The van der Waals surface area contributed by atoms with Gasteiger partial charge in [-0.05, 0) is 30.9 Å². The molecule has 0 unspecified atom stereocenters. The van der Waals surface area contributed by atoms with Gasteiger partial charge >= 0.3 is 0 Å². The molecule has 3 aliphatic rings. The Balaban J connectivity index is 1.48. The lowest BCUT2D eigenvalue weighted by Crippen LogP contribution is -2.42. The van der Waals surface area contributed by atoms with Crippen molar-refractivity contribution in [2.45, 2.75) is 55.7 Å². The summed E-state index contributed by atoms with van der Waals surface area (Å²) in [6.07, 6.45) is 1.25. The molecule has 1 spiro atoms. The van der Waals surface area contributed by atoms with Crippen molar-refractivity contribution in [2.24, 2.45) is 0 Å². The summed E-state index contributed by atoms with van der Waals surface area (Å²) >= 11 is 0. The molecular formula is C20H22N4O4. The molecule has 1 aromatic carbocycles. The highest BCUT2D eigenvalue weighted by Crippen LogP contribution is 2.46. The Kier molecular flexibility index (Phi) is 4.55. The van der Waals surface area contributed by atoms with Gasteiger partial charge in [-0.1, -0.05) is 18.2 Å². The van der Waals surface area contributed by atoms with Crippen LogP contribution in [0.25, 0.3) is 0 Å². The van der Waals surface area contributed by atoms with Crippen molar-refractivity contribution in [3.63, 3.8) is 0 Å². The van der Waals surface area contributed by atoms with Gasteiger partial charge < -0.3 is 20.6 Å². The Labute approximate surface area is 162 Å². The quantitative estimate of drug-likeness (QED) is 0.654. The third-order valence-corrected chi connectivity index (χ3v) is 6.03. The van der Waals surface area contributed by atoms with Crippen molar-refractivity contribution in [3.05, 3.63) is 29.8 Å². The number of carbonyl (C=O) groups is 3. The first kappa shape index (κ1) is 18.4. The monoisotopic (exact) mass is 382 g/mol. The predicted octanol–water partition coefficient (Wildman–Crippen LogP) is 0.421. The van der Waals surface area contributed by atoms with E-state index < -0.39 is 29.4 Å². The van der Waals surface area contributed by atoms with Crippen molar-refractivity contribution in [1.82, 2.24) is 10.2 Å². The second kappa shape index (κ2) is 6.91. The number of carbonyl (C=O) groups excluding carboxylic acids is 3. The highest BCUT2D eigenvalue weighted by atomic mass is 16.3. The first-order valence-electron chi connectivity index (χ1n) is 9.50. The van der Waals surface area contributed by atoms with Gasteiger partial charge in [-0.15, -0.1) is 0 Å². The van der Waals surface area contributed by atoms with Gasteiger partial charge in [0, 0.05) is 24.7 Å². The van der Waals surface area contributed by atoms with Crippen molar-refractivity contribution < 1.29 is 19.5 Å². The number of anilines is 1. The number of amides is 3. The number of aliphatic hydroxyl groups is 1. The number of fused-ring (bicyclic) bond motifs is 2. The summed E-state index contributed by atoms with van der Waals surface area (Å²) in [7, 11) is 0. The van der Waals surface area contributed by atoms with E-state index in [0.717, 1.165) is 5.56 Å². The van der Waals surface area contributed by atoms with Crippen LogP contribution < -0.4 is 10.6 Å². The molecular weight excluding hydrogens is 360 g/mol. The second-order valence-electron chi connectivity index (χ2n) is 7.86. The Bertz CT molecular complexity index is 879. The highest BCUT2D eigenvalue weighted by Gasteiger charge is 2.55. The van der Waals surface area contributed by atoms with E-state index in [9.17, 15) is 24.8 Å². The summed E-state index contributed by atoms with van der Waals surface area (Å²) in [5.41, 5.74) is 0.551. The predicted molar refractivity (Wildman–Crippen MR) is 98.9 cm³/mol. The van der Waals surface area contributed by atoms with Gasteiger partial charge in [0.05, 0.1) is 17.6 Å². The number of nitrogens with zero attached hydrogens (tertiary/aromatic N) is 2. The molecule has 2 fully saturated rings. The standard InChI is InChI=1S/C20H22N4O4/c21-10-13-9-20(15-3-1-2-4-16(15)23-19(20)28)11-24(13)18(27)8-17(26)22-12-5-6-14(25)7-12/h1-4,12-14,25H,5-9,11H2,(H,22,26)(H,23,28)/t12-,13+,14+,20+/m1/s1. The lowest BCUT2D eigenvalue weighted by Gasteiger charge is -2.23. The van der Waals surface area contributed by atoms with Gasteiger partial charge in [0.15, 0.2) is 0 Å². The van der Waals surface area contributed by atoms with Crippen molar-refractivity contribution >= 4 is 23.4 Å². The first-order chi connectivity index (χ1) is 13.4.